The maximum absolute atomic E-state index is 14.2. The van der Waals surface area contributed by atoms with Gasteiger partial charge in [0.05, 0.1) is 49.0 Å². The van der Waals surface area contributed by atoms with E-state index >= 15 is 0 Å². The third kappa shape index (κ3) is 10.8. The molecule has 4 heterocycles. The van der Waals surface area contributed by atoms with E-state index in [0.29, 0.717) is 44.1 Å². The largest absolute Gasteiger partial charge is 0.479 e. The number of hydrogen-bond donors (Lipinski definition) is 14. The fourth-order valence-electron chi connectivity index (χ4n) is 16.9. The van der Waals surface area contributed by atoms with Gasteiger partial charge in [-0.05, 0) is 105 Å². The van der Waals surface area contributed by atoms with Crippen molar-refractivity contribution in [2.24, 2.45) is 50.2 Å². The summed E-state index contributed by atoms with van der Waals surface area (Å²) < 4.78 is 54.3. The van der Waals surface area contributed by atoms with Crippen LogP contribution in [0.5, 0.6) is 0 Å². The molecule has 0 aromatic rings. The van der Waals surface area contributed by atoms with Crippen LogP contribution in [0.15, 0.2) is 23.3 Å². The zero-order chi connectivity index (χ0) is 61.7. The summed E-state index contributed by atoms with van der Waals surface area (Å²) in [4.78, 5) is 40.5. The minimum atomic E-state index is -2.30. The fraction of sp³-hybridized carbons (Fsp3) is 0.879. The molecule has 30 atom stereocenters. The van der Waals surface area contributed by atoms with E-state index < -0.39 is 200 Å². The van der Waals surface area contributed by atoms with Crippen LogP contribution in [0.25, 0.3) is 0 Å². The number of hydrogen-bond acceptors (Lipinski definition) is 25. The zero-order valence-corrected chi connectivity index (χ0v) is 48.8. The van der Waals surface area contributed by atoms with Crippen molar-refractivity contribution in [1.29, 1.82) is 0 Å². The van der Waals surface area contributed by atoms with E-state index in [2.05, 4.69) is 40.7 Å². The first kappa shape index (κ1) is 65.7. The summed E-state index contributed by atoms with van der Waals surface area (Å²) >= 11 is 0. The average Bonchev–Trinajstić information content (AvgIpc) is 0.700. The van der Waals surface area contributed by atoms with E-state index in [1.165, 1.54) is 0 Å². The Kier molecular flexibility index (Phi) is 18.9. The van der Waals surface area contributed by atoms with E-state index in [0.717, 1.165) is 11.9 Å². The quantitative estimate of drug-likeness (QED) is 0.0272. The molecule has 4 saturated heterocycles. The zero-order valence-electron chi connectivity index (χ0n) is 48.8. The monoisotopic (exact) mass is 1200 g/mol. The van der Waals surface area contributed by atoms with Crippen LogP contribution in [-0.2, 0) is 57.0 Å². The second-order valence-electron chi connectivity index (χ2n) is 27.2. The number of allylic oxidation sites excluding steroid dienone is 3. The molecule has 4 saturated carbocycles. The first-order valence-corrected chi connectivity index (χ1v) is 29.4. The lowest BCUT2D eigenvalue weighted by atomic mass is 9.33. The van der Waals surface area contributed by atoms with Crippen LogP contribution >= 0.6 is 0 Å². The number of fused-ring (bicyclic) bond motifs is 7. The molecule has 0 spiro atoms. The van der Waals surface area contributed by atoms with Crippen LogP contribution in [0.1, 0.15) is 107 Å². The third-order valence-corrected chi connectivity index (χ3v) is 22.1. The number of esters is 1. The van der Waals surface area contributed by atoms with E-state index in [4.69, 9.17) is 42.6 Å². The molecule has 478 valence electrons. The molecular weight excluding hydrogens is 1110 g/mol. The highest BCUT2D eigenvalue weighted by Gasteiger charge is 2.72. The number of aliphatic hydroxyl groups excluding tert-OH is 13. The third-order valence-electron chi connectivity index (χ3n) is 22.1. The summed E-state index contributed by atoms with van der Waals surface area (Å²) in [5.41, 5.74) is -3.14. The van der Waals surface area contributed by atoms with Crippen LogP contribution in [0.3, 0.4) is 0 Å². The standard InChI is InChI=1S/C58H90O26/c1-9-24(2)48(75)77-23-58-26(16-53(3,4)17-32(58)63)25-10-11-31-54(5)14-13-34(55(6,22-61)30(54)12-15-56(31,7)57(25,8)18-33(58)64)80-52-46(84-50-41(71)39(69)37(67)29(20-60)79-50)43(42(72)44(82-52)47(73)74)81-51-45(35(65)27(62)21-76-51)83-49-40(70)38(68)36(66)28(19-59)78-49/h9-10,22,26-46,49-52,59-60,62-72H,11-21,23H2,1-8H3,(H,73,74)/b24-9+. The normalized spacial score (nSPS) is 52.1. The summed E-state index contributed by atoms with van der Waals surface area (Å²) in [6.07, 6.45) is -32.2. The van der Waals surface area contributed by atoms with Crippen LogP contribution in [0.4, 0.5) is 0 Å². The van der Waals surface area contributed by atoms with Gasteiger partial charge in [0.2, 0.25) is 0 Å². The average molecular weight is 1200 g/mol. The molecular formula is C58H90O26. The summed E-state index contributed by atoms with van der Waals surface area (Å²) in [5.74, 6) is -3.17. The van der Waals surface area contributed by atoms with E-state index in [-0.39, 0.29) is 36.7 Å². The number of aldehydes is 1. The van der Waals surface area contributed by atoms with Gasteiger partial charge in [-0.25, -0.2) is 9.59 Å². The Labute approximate surface area is 487 Å². The molecule has 0 aromatic carbocycles. The molecule has 8 fully saturated rings. The Balaban J connectivity index is 1.05. The van der Waals surface area contributed by atoms with Gasteiger partial charge >= 0.3 is 11.9 Å². The van der Waals surface area contributed by atoms with Crippen molar-refractivity contribution in [3.8, 4) is 0 Å². The smallest absolute Gasteiger partial charge is 0.335 e. The topological polar surface area (TPSA) is 418 Å². The highest BCUT2D eigenvalue weighted by atomic mass is 16.8. The van der Waals surface area contributed by atoms with Gasteiger partial charge in [-0.3, -0.25) is 0 Å². The number of carboxylic acids is 1. The molecule has 9 aliphatic rings. The van der Waals surface area contributed by atoms with Crippen LogP contribution in [-0.4, -0.2) is 251 Å². The van der Waals surface area contributed by atoms with Gasteiger partial charge in [0, 0.05) is 5.57 Å². The van der Waals surface area contributed by atoms with Crippen molar-refractivity contribution in [3.63, 3.8) is 0 Å². The first-order chi connectivity index (χ1) is 39.3. The highest BCUT2D eigenvalue weighted by molar-refractivity contribution is 5.87. The summed E-state index contributed by atoms with van der Waals surface area (Å²) in [6.45, 7) is 13.3. The maximum atomic E-state index is 14.2. The van der Waals surface area contributed by atoms with Crippen molar-refractivity contribution < 1.29 is 129 Å². The predicted molar refractivity (Wildman–Crippen MR) is 284 cm³/mol. The highest BCUT2D eigenvalue weighted by Crippen LogP contribution is 2.76. The molecule has 26 heteroatoms. The van der Waals surface area contributed by atoms with Gasteiger partial charge in [0.25, 0.3) is 0 Å². The van der Waals surface area contributed by atoms with E-state index in [9.17, 15) is 85.9 Å². The Hall–Kier alpha value is -2.75. The van der Waals surface area contributed by atoms with Crippen LogP contribution in [0, 0.1) is 50.2 Å². The Morgan fingerprint density at radius 2 is 1.24 bits per heavy atom. The fourth-order valence-corrected chi connectivity index (χ4v) is 16.9. The number of aliphatic carboxylic acids is 1. The van der Waals surface area contributed by atoms with E-state index in [1.54, 1.807) is 26.8 Å². The first-order valence-electron chi connectivity index (χ1n) is 29.4. The molecule has 5 aliphatic carbocycles. The molecule has 4 aliphatic heterocycles. The molecule has 0 bridgehead atoms. The number of carbonyl (C=O) groups excluding carboxylic acids is 2. The second-order valence-corrected chi connectivity index (χ2v) is 27.2. The second kappa shape index (κ2) is 24.2. The summed E-state index contributed by atoms with van der Waals surface area (Å²) in [6, 6.07) is 0. The molecule has 0 aromatic heterocycles. The van der Waals surface area contributed by atoms with Gasteiger partial charge in [0.1, 0.15) is 98.3 Å². The molecule has 26 nitrogen and oxygen atoms in total. The van der Waals surface area contributed by atoms with Crippen molar-refractivity contribution in [2.45, 2.75) is 242 Å². The van der Waals surface area contributed by atoms with Crippen molar-refractivity contribution in [2.75, 3.05) is 26.4 Å². The lowest BCUT2D eigenvalue weighted by Crippen LogP contribution is -2.70. The summed E-state index contributed by atoms with van der Waals surface area (Å²) in [7, 11) is 0. The molecule has 30 unspecified atom stereocenters. The number of ether oxygens (including phenoxy) is 9. The lowest BCUT2D eigenvalue weighted by Gasteiger charge is -2.72. The number of rotatable bonds is 15. The van der Waals surface area contributed by atoms with Crippen molar-refractivity contribution in [1.82, 2.24) is 0 Å². The van der Waals surface area contributed by atoms with Crippen LogP contribution in [0.2, 0.25) is 0 Å². The van der Waals surface area contributed by atoms with Gasteiger partial charge in [-0.1, -0.05) is 59.3 Å². The van der Waals surface area contributed by atoms with E-state index in [1.807, 2.05) is 0 Å². The van der Waals surface area contributed by atoms with Crippen molar-refractivity contribution in [3.05, 3.63) is 23.3 Å². The van der Waals surface area contributed by atoms with Gasteiger partial charge < -0.3 is 119 Å². The number of aliphatic hydroxyl groups is 13. The Bertz CT molecular complexity index is 2440. The van der Waals surface area contributed by atoms with Gasteiger partial charge in [-0.2, -0.15) is 0 Å². The van der Waals surface area contributed by atoms with Gasteiger partial charge in [-0.15, -0.1) is 0 Å². The summed E-state index contributed by atoms with van der Waals surface area (Å²) in [5, 5.41) is 155. The molecule has 0 radical (unpaired) electrons. The van der Waals surface area contributed by atoms with Crippen LogP contribution < -0.4 is 0 Å². The minimum absolute atomic E-state index is 0.103. The van der Waals surface area contributed by atoms with Crippen molar-refractivity contribution >= 4 is 18.2 Å². The Morgan fingerprint density at radius 3 is 1.81 bits per heavy atom. The SMILES string of the molecule is C/C=C(\C)C(=O)OCC12C(O)CC(C)(C)CC1C1=CCC3C4(C)CCC(OC5OC(C(=O)O)C(O)C(OC6OCC(O)C(O)C6OC6OC(CO)C(O)C(O)C6O)C5OC5OC(CO)C(O)C(O)C5O)C(C)(C=O)C4CCC3(C)C1(C)CC2O. The minimum Gasteiger partial charge on any atom is -0.479 e. The number of carbonyl (C=O) groups is 3. The predicted octanol–water partition coefficient (Wildman–Crippen LogP) is -2.19. The molecule has 9 rings (SSSR count). The maximum Gasteiger partial charge on any atom is 0.335 e. The number of carboxylic acid groups (broad SMARTS) is 1. The lowest BCUT2D eigenvalue weighted by molar-refractivity contribution is -0.400. The Morgan fingerprint density at radius 1 is 0.655 bits per heavy atom. The molecule has 84 heavy (non-hydrogen) atoms. The van der Waals surface area contributed by atoms with Gasteiger partial charge in [0.15, 0.2) is 31.3 Å². The molecule has 14 N–H and O–H groups in total. The molecule has 0 amide bonds.